The average Bonchev–Trinajstić information content (AvgIpc) is 3.38. The van der Waals surface area contributed by atoms with E-state index in [1.165, 1.54) is 0 Å². The van der Waals surface area contributed by atoms with Crippen LogP contribution in [0, 0.1) is 12.8 Å². The Morgan fingerprint density at radius 2 is 1.90 bits per heavy atom. The number of imidazole rings is 1. The summed E-state index contributed by atoms with van der Waals surface area (Å²) in [5.74, 6) is 1.96. The first-order chi connectivity index (χ1) is 14.1. The largest absolute Gasteiger partial charge is 0.345 e. The van der Waals surface area contributed by atoms with E-state index in [1.807, 2.05) is 34.9 Å². The maximum Gasteiger partial charge on any atom is 0.254 e. The molecule has 0 saturated carbocycles. The van der Waals surface area contributed by atoms with Gasteiger partial charge in [0.2, 0.25) is 5.91 Å². The number of nitrogens with one attached hydrogen (secondary N) is 1. The highest BCUT2D eigenvalue weighted by molar-refractivity contribution is 5.97. The van der Waals surface area contributed by atoms with Crippen LogP contribution in [0.1, 0.15) is 28.4 Å². The molecule has 2 aliphatic heterocycles. The second kappa shape index (κ2) is 6.98. The number of piperazine rings is 1. The maximum atomic E-state index is 13.0. The van der Waals surface area contributed by atoms with Crippen molar-refractivity contribution in [3.05, 3.63) is 41.7 Å². The second-order valence-corrected chi connectivity index (χ2v) is 7.76. The molecule has 1 atom stereocenters. The second-order valence-electron chi connectivity index (χ2n) is 7.76. The van der Waals surface area contributed by atoms with Crippen molar-refractivity contribution in [2.45, 2.75) is 26.3 Å². The van der Waals surface area contributed by atoms with Crippen molar-refractivity contribution in [1.82, 2.24) is 34.5 Å². The van der Waals surface area contributed by atoms with Crippen LogP contribution in [0.3, 0.4) is 0 Å². The number of hydrogen-bond donors (Lipinski definition) is 1. The van der Waals surface area contributed by atoms with Gasteiger partial charge < -0.3 is 19.4 Å². The summed E-state index contributed by atoms with van der Waals surface area (Å²) < 4.78 is 2.05. The van der Waals surface area contributed by atoms with Gasteiger partial charge in [0.25, 0.3) is 5.91 Å². The molecule has 150 valence electrons. The lowest BCUT2D eigenvalue weighted by molar-refractivity contribution is -0.138. The third kappa shape index (κ3) is 3.16. The smallest absolute Gasteiger partial charge is 0.254 e. The van der Waals surface area contributed by atoms with Crippen LogP contribution in [0.2, 0.25) is 0 Å². The lowest BCUT2D eigenvalue weighted by Crippen LogP contribution is -2.52. The van der Waals surface area contributed by atoms with Crippen molar-refractivity contribution in [2.75, 3.05) is 26.2 Å². The fourth-order valence-electron chi connectivity index (χ4n) is 4.30. The molecule has 2 amide bonds. The van der Waals surface area contributed by atoms with Gasteiger partial charge >= 0.3 is 0 Å². The number of amides is 2. The first-order valence-electron chi connectivity index (χ1n) is 10.00. The van der Waals surface area contributed by atoms with Crippen LogP contribution in [-0.2, 0) is 17.8 Å². The summed E-state index contributed by atoms with van der Waals surface area (Å²) in [6, 6.07) is 5.50. The number of fused-ring (bicyclic) bond motifs is 2. The van der Waals surface area contributed by atoms with E-state index in [0.717, 1.165) is 35.5 Å². The number of hydrogen-bond acceptors (Lipinski definition) is 5. The highest BCUT2D eigenvalue weighted by Crippen LogP contribution is 2.23. The Morgan fingerprint density at radius 3 is 2.72 bits per heavy atom. The number of aromatic amines is 1. The van der Waals surface area contributed by atoms with Crippen LogP contribution < -0.4 is 0 Å². The van der Waals surface area contributed by atoms with Crippen LogP contribution in [0.4, 0.5) is 0 Å². The average molecular weight is 393 g/mol. The maximum absolute atomic E-state index is 13.0. The number of H-pyrrole nitrogens is 1. The van der Waals surface area contributed by atoms with Crippen LogP contribution >= 0.6 is 0 Å². The molecule has 0 aliphatic carbocycles. The summed E-state index contributed by atoms with van der Waals surface area (Å²) in [4.78, 5) is 36.8. The van der Waals surface area contributed by atoms with Crippen molar-refractivity contribution in [3.63, 3.8) is 0 Å². The van der Waals surface area contributed by atoms with Gasteiger partial charge in [0.05, 0.1) is 23.3 Å². The van der Waals surface area contributed by atoms with Gasteiger partial charge in [-0.05, 0) is 31.5 Å². The van der Waals surface area contributed by atoms with E-state index in [1.54, 1.807) is 6.33 Å². The van der Waals surface area contributed by atoms with Gasteiger partial charge in [-0.3, -0.25) is 9.59 Å². The summed E-state index contributed by atoms with van der Waals surface area (Å²) >= 11 is 0. The van der Waals surface area contributed by atoms with Crippen LogP contribution in [0.25, 0.3) is 11.0 Å². The molecule has 4 heterocycles. The quantitative estimate of drug-likeness (QED) is 0.700. The standard InChI is InChI=1S/C20H23N7O2/c1-13-23-24-18-5-3-15(11-27(13)18)20(29)26-8-6-25(7-9-26)19(28)14-2-4-16-17(10-14)22-12-21-16/h2,4,10,12,15H,3,5-9,11H2,1H3,(H,21,22)/t15-/m1/s1. The van der Waals surface area contributed by atoms with Crippen molar-refractivity contribution < 1.29 is 9.59 Å². The molecular formula is C20H23N7O2. The minimum absolute atomic E-state index is 0.00368. The molecule has 0 unspecified atom stereocenters. The molecule has 29 heavy (non-hydrogen) atoms. The van der Waals surface area contributed by atoms with E-state index < -0.39 is 0 Å². The summed E-state index contributed by atoms with van der Waals surface area (Å²) in [6.07, 6.45) is 3.21. The Labute approximate surface area is 167 Å². The molecule has 0 bridgehead atoms. The minimum atomic E-state index is -0.0396. The van der Waals surface area contributed by atoms with Gasteiger partial charge in [-0.2, -0.15) is 0 Å². The zero-order valence-corrected chi connectivity index (χ0v) is 16.3. The monoisotopic (exact) mass is 393 g/mol. The van der Waals surface area contributed by atoms with Crippen molar-refractivity contribution in [1.29, 1.82) is 0 Å². The molecule has 0 radical (unpaired) electrons. The van der Waals surface area contributed by atoms with E-state index in [0.29, 0.717) is 38.3 Å². The molecule has 1 aromatic carbocycles. The van der Waals surface area contributed by atoms with E-state index >= 15 is 0 Å². The molecule has 0 spiro atoms. The fraction of sp³-hybridized carbons (Fsp3) is 0.450. The van der Waals surface area contributed by atoms with Crippen LogP contribution in [0.15, 0.2) is 24.5 Å². The Morgan fingerprint density at radius 1 is 1.10 bits per heavy atom. The number of carbonyl (C=O) groups excluding carboxylic acids is 2. The predicted octanol–water partition coefficient (Wildman–Crippen LogP) is 1.01. The zero-order chi connectivity index (χ0) is 20.0. The number of rotatable bonds is 2. The fourth-order valence-corrected chi connectivity index (χ4v) is 4.30. The van der Waals surface area contributed by atoms with Gasteiger partial charge in [0.15, 0.2) is 0 Å². The Kier molecular flexibility index (Phi) is 4.30. The van der Waals surface area contributed by atoms with Crippen molar-refractivity contribution in [2.24, 2.45) is 5.92 Å². The SMILES string of the molecule is Cc1nnc2n1C[C@H](C(=O)N1CCN(C(=O)c3ccc4nc[nH]c4c3)CC1)CC2. The predicted molar refractivity (Wildman–Crippen MR) is 105 cm³/mol. The lowest BCUT2D eigenvalue weighted by Gasteiger charge is -2.37. The van der Waals surface area contributed by atoms with E-state index in [-0.39, 0.29) is 17.7 Å². The third-order valence-electron chi connectivity index (χ3n) is 6.03. The lowest BCUT2D eigenvalue weighted by atomic mass is 9.97. The Hall–Kier alpha value is -3.23. The van der Waals surface area contributed by atoms with Gasteiger partial charge in [0, 0.05) is 44.7 Å². The first kappa shape index (κ1) is 17.8. The number of aromatic nitrogens is 5. The Bertz CT molecular complexity index is 1080. The molecule has 1 fully saturated rings. The summed E-state index contributed by atoms with van der Waals surface area (Å²) in [5, 5.41) is 8.29. The molecule has 5 rings (SSSR count). The molecule has 1 N–H and O–H groups in total. The summed E-state index contributed by atoms with van der Waals surface area (Å²) in [5.41, 5.74) is 2.34. The van der Waals surface area contributed by atoms with Crippen molar-refractivity contribution in [3.8, 4) is 0 Å². The molecule has 2 aliphatic rings. The summed E-state index contributed by atoms with van der Waals surface area (Å²) in [6.45, 7) is 4.82. The van der Waals surface area contributed by atoms with Gasteiger partial charge in [-0.15, -0.1) is 10.2 Å². The molecule has 2 aromatic heterocycles. The number of aryl methyl sites for hydroxylation is 2. The van der Waals surface area contributed by atoms with Crippen molar-refractivity contribution >= 4 is 22.8 Å². The molecular weight excluding hydrogens is 370 g/mol. The zero-order valence-electron chi connectivity index (χ0n) is 16.3. The number of nitrogens with zero attached hydrogens (tertiary/aromatic N) is 6. The number of carbonyl (C=O) groups is 2. The third-order valence-corrected chi connectivity index (χ3v) is 6.03. The topological polar surface area (TPSA) is 100 Å². The first-order valence-corrected chi connectivity index (χ1v) is 10.00. The van der Waals surface area contributed by atoms with Gasteiger partial charge in [-0.25, -0.2) is 4.98 Å². The normalized spacial score (nSPS) is 19.4. The molecule has 9 nitrogen and oxygen atoms in total. The molecule has 9 heteroatoms. The highest BCUT2D eigenvalue weighted by Gasteiger charge is 2.32. The van der Waals surface area contributed by atoms with E-state index in [2.05, 4.69) is 24.7 Å². The summed E-state index contributed by atoms with van der Waals surface area (Å²) in [7, 11) is 0. The van der Waals surface area contributed by atoms with E-state index in [9.17, 15) is 9.59 Å². The van der Waals surface area contributed by atoms with Gasteiger partial charge in [-0.1, -0.05) is 0 Å². The van der Waals surface area contributed by atoms with Crippen LogP contribution in [0.5, 0.6) is 0 Å². The minimum Gasteiger partial charge on any atom is -0.345 e. The molecule has 3 aromatic rings. The Balaban J connectivity index is 1.21. The van der Waals surface area contributed by atoms with Gasteiger partial charge in [0.1, 0.15) is 11.6 Å². The van der Waals surface area contributed by atoms with Crippen LogP contribution in [-0.4, -0.2) is 72.5 Å². The molecule has 1 saturated heterocycles. The number of benzene rings is 1. The van der Waals surface area contributed by atoms with E-state index in [4.69, 9.17) is 0 Å². The highest BCUT2D eigenvalue weighted by atomic mass is 16.2.